The van der Waals surface area contributed by atoms with Crippen LogP contribution in [0.1, 0.15) is 22.5 Å². The van der Waals surface area contributed by atoms with Gasteiger partial charge in [0, 0.05) is 39.3 Å². The Hall–Kier alpha value is -2.30. The van der Waals surface area contributed by atoms with Gasteiger partial charge in [0.1, 0.15) is 0 Å². The summed E-state index contributed by atoms with van der Waals surface area (Å²) in [4.78, 5) is 23.5. The van der Waals surface area contributed by atoms with Crippen molar-refractivity contribution in [3.63, 3.8) is 0 Å². The van der Waals surface area contributed by atoms with E-state index in [1.807, 2.05) is 42.5 Å². The van der Waals surface area contributed by atoms with Crippen molar-refractivity contribution in [1.82, 2.24) is 24.6 Å². The number of nitrogens with zero attached hydrogens (tertiary/aromatic N) is 5. The third-order valence-electron chi connectivity index (χ3n) is 6.30. The molecule has 31 heavy (non-hydrogen) atoms. The molecule has 5 rings (SSSR count). The van der Waals surface area contributed by atoms with E-state index < -0.39 is 9.84 Å². The van der Waals surface area contributed by atoms with Crippen LogP contribution in [0.15, 0.2) is 23.6 Å². The van der Waals surface area contributed by atoms with E-state index in [1.54, 1.807) is 16.0 Å². The van der Waals surface area contributed by atoms with Crippen LogP contribution in [0, 0.1) is 6.92 Å². The molecule has 1 amide bonds. The first kappa shape index (κ1) is 20.6. The second-order valence-electron chi connectivity index (χ2n) is 8.33. The van der Waals surface area contributed by atoms with E-state index in [0.717, 1.165) is 21.7 Å². The minimum atomic E-state index is -2.91. The zero-order valence-electron chi connectivity index (χ0n) is 17.6. The van der Waals surface area contributed by atoms with Gasteiger partial charge >= 0.3 is 0 Å². The van der Waals surface area contributed by atoms with E-state index in [4.69, 9.17) is 4.98 Å². The van der Waals surface area contributed by atoms with E-state index in [9.17, 15) is 13.2 Å². The number of piperazine rings is 1. The van der Waals surface area contributed by atoms with E-state index >= 15 is 0 Å². The topological polar surface area (TPSA) is 88.4 Å². The molecule has 2 fully saturated rings. The molecule has 10 heteroatoms. The lowest BCUT2D eigenvalue weighted by molar-refractivity contribution is 0.0589. The first-order valence-corrected chi connectivity index (χ1v) is 13.1. The van der Waals surface area contributed by atoms with Crippen molar-refractivity contribution in [3.8, 4) is 10.6 Å². The Balaban J connectivity index is 1.42. The highest BCUT2D eigenvalue weighted by atomic mass is 32.2. The second-order valence-corrected chi connectivity index (χ2v) is 11.5. The predicted molar refractivity (Wildman–Crippen MR) is 121 cm³/mol. The summed E-state index contributed by atoms with van der Waals surface area (Å²) in [5.74, 6) is 0.503. The van der Waals surface area contributed by atoms with Gasteiger partial charge in [0.2, 0.25) is 0 Å². The molecule has 2 aliphatic heterocycles. The highest BCUT2D eigenvalue weighted by Crippen LogP contribution is 2.30. The molecule has 2 aliphatic rings. The molecule has 0 radical (unpaired) electrons. The predicted octanol–water partition coefficient (Wildman–Crippen LogP) is 1.95. The van der Waals surface area contributed by atoms with Gasteiger partial charge in [0.05, 0.1) is 38.7 Å². The van der Waals surface area contributed by atoms with Gasteiger partial charge < -0.3 is 4.90 Å². The van der Waals surface area contributed by atoms with Crippen LogP contribution in [0.25, 0.3) is 21.6 Å². The Labute approximate surface area is 185 Å². The summed E-state index contributed by atoms with van der Waals surface area (Å²) in [7, 11) is -1.06. The molecule has 3 aromatic heterocycles. The monoisotopic (exact) mass is 459 g/mol. The summed E-state index contributed by atoms with van der Waals surface area (Å²) in [6, 6.07) is 5.96. The third-order valence-corrected chi connectivity index (χ3v) is 8.94. The molecule has 0 spiro atoms. The minimum absolute atomic E-state index is 0.0139. The standard InChI is InChI=1S/C21H25N5O3S2/c1-14-19-16(12-17(18-4-3-10-30-18)22-20(19)24(2)23-14)21(27)26-8-6-25(7-9-26)15-5-11-31(28,29)13-15/h3-4,10,12,15H,5-9,11,13H2,1-2H3. The molecule has 0 aliphatic carbocycles. The average molecular weight is 460 g/mol. The van der Waals surface area contributed by atoms with Crippen molar-refractivity contribution in [1.29, 1.82) is 0 Å². The number of carbonyl (C=O) groups excluding carboxylic acids is 1. The lowest BCUT2D eigenvalue weighted by atomic mass is 10.1. The van der Waals surface area contributed by atoms with Crippen LogP contribution in [-0.4, -0.2) is 82.6 Å². The Bertz CT molecular complexity index is 1240. The molecule has 2 saturated heterocycles. The third kappa shape index (κ3) is 3.77. The fourth-order valence-electron chi connectivity index (χ4n) is 4.69. The Morgan fingerprint density at radius 1 is 1.23 bits per heavy atom. The number of aryl methyl sites for hydroxylation is 2. The summed E-state index contributed by atoms with van der Waals surface area (Å²) in [5.41, 5.74) is 2.92. The van der Waals surface area contributed by atoms with Gasteiger partial charge in [-0.2, -0.15) is 5.10 Å². The summed E-state index contributed by atoms with van der Waals surface area (Å²) >= 11 is 1.59. The number of hydrogen-bond acceptors (Lipinski definition) is 7. The number of amides is 1. The highest BCUT2D eigenvalue weighted by molar-refractivity contribution is 7.91. The molecule has 164 valence electrons. The molecule has 3 aromatic rings. The maximum atomic E-state index is 13.6. The van der Waals surface area contributed by atoms with Crippen LogP contribution in [-0.2, 0) is 16.9 Å². The van der Waals surface area contributed by atoms with Gasteiger partial charge in [-0.25, -0.2) is 13.4 Å². The number of sulfone groups is 1. The second kappa shape index (κ2) is 7.68. The zero-order chi connectivity index (χ0) is 21.8. The first-order chi connectivity index (χ1) is 14.8. The molecular formula is C21H25N5O3S2. The average Bonchev–Trinajstić information content (AvgIpc) is 3.47. The minimum Gasteiger partial charge on any atom is -0.336 e. The molecule has 0 aromatic carbocycles. The maximum absolute atomic E-state index is 13.6. The van der Waals surface area contributed by atoms with Crippen molar-refractivity contribution in [2.24, 2.45) is 7.05 Å². The fourth-order valence-corrected chi connectivity index (χ4v) is 7.14. The van der Waals surface area contributed by atoms with E-state index in [-0.39, 0.29) is 23.5 Å². The largest absolute Gasteiger partial charge is 0.336 e. The maximum Gasteiger partial charge on any atom is 0.254 e. The van der Waals surface area contributed by atoms with Crippen LogP contribution in [0.3, 0.4) is 0 Å². The summed E-state index contributed by atoms with van der Waals surface area (Å²) < 4.78 is 25.4. The smallest absolute Gasteiger partial charge is 0.254 e. The van der Waals surface area contributed by atoms with Crippen molar-refractivity contribution < 1.29 is 13.2 Å². The zero-order valence-corrected chi connectivity index (χ0v) is 19.2. The van der Waals surface area contributed by atoms with Gasteiger partial charge in [-0.1, -0.05) is 6.07 Å². The van der Waals surface area contributed by atoms with Gasteiger partial charge in [0.25, 0.3) is 5.91 Å². The summed E-state index contributed by atoms with van der Waals surface area (Å²) in [6.07, 6.45) is 0.695. The first-order valence-electron chi connectivity index (χ1n) is 10.4. The summed E-state index contributed by atoms with van der Waals surface area (Å²) in [6.45, 7) is 4.48. The lowest BCUT2D eigenvalue weighted by Crippen LogP contribution is -2.52. The molecular weight excluding hydrogens is 434 g/mol. The lowest BCUT2D eigenvalue weighted by Gasteiger charge is -2.37. The van der Waals surface area contributed by atoms with Gasteiger partial charge in [-0.05, 0) is 30.9 Å². The summed E-state index contributed by atoms with van der Waals surface area (Å²) in [5, 5.41) is 7.30. The molecule has 1 atom stereocenters. The number of carbonyl (C=O) groups is 1. The van der Waals surface area contributed by atoms with Crippen molar-refractivity contribution >= 4 is 38.1 Å². The van der Waals surface area contributed by atoms with Gasteiger partial charge in [0.15, 0.2) is 15.5 Å². The SMILES string of the molecule is Cc1nn(C)c2nc(-c3cccs3)cc(C(=O)N3CCN(C4CCS(=O)(=O)C4)CC3)c12. The van der Waals surface area contributed by atoms with E-state index in [0.29, 0.717) is 43.8 Å². The number of fused-ring (bicyclic) bond motifs is 1. The fraction of sp³-hybridized carbons (Fsp3) is 0.476. The number of pyridine rings is 1. The highest BCUT2D eigenvalue weighted by Gasteiger charge is 2.35. The van der Waals surface area contributed by atoms with Crippen LogP contribution in [0.5, 0.6) is 0 Å². The van der Waals surface area contributed by atoms with Crippen molar-refractivity contribution in [3.05, 3.63) is 34.8 Å². The number of rotatable bonds is 3. The quantitative estimate of drug-likeness (QED) is 0.595. The van der Waals surface area contributed by atoms with Crippen LogP contribution in [0.2, 0.25) is 0 Å². The van der Waals surface area contributed by atoms with Crippen molar-refractivity contribution in [2.75, 3.05) is 37.7 Å². The number of hydrogen-bond donors (Lipinski definition) is 0. The van der Waals surface area contributed by atoms with Gasteiger partial charge in [-0.3, -0.25) is 14.4 Å². The molecule has 0 N–H and O–H groups in total. The van der Waals surface area contributed by atoms with Crippen LogP contribution < -0.4 is 0 Å². The molecule has 0 bridgehead atoms. The Kier molecular flexibility index (Phi) is 5.10. The van der Waals surface area contributed by atoms with Gasteiger partial charge in [-0.15, -0.1) is 11.3 Å². The molecule has 5 heterocycles. The Morgan fingerprint density at radius 2 is 2.00 bits per heavy atom. The number of thiophene rings is 1. The Morgan fingerprint density at radius 3 is 2.65 bits per heavy atom. The van der Waals surface area contributed by atoms with Crippen LogP contribution >= 0.6 is 11.3 Å². The molecule has 1 unspecified atom stereocenters. The van der Waals surface area contributed by atoms with E-state index in [2.05, 4.69) is 10.00 Å². The normalized spacial score (nSPS) is 21.7. The van der Waals surface area contributed by atoms with E-state index in [1.165, 1.54) is 0 Å². The van der Waals surface area contributed by atoms with Crippen LogP contribution in [0.4, 0.5) is 0 Å². The van der Waals surface area contributed by atoms with Crippen molar-refractivity contribution in [2.45, 2.75) is 19.4 Å². The molecule has 8 nitrogen and oxygen atoms in total. The number of aromatic nitrogens is 3. The molecule has 0 saturated carbocycles.